The van der Waals surface area contributed by atoms with E-state index in [9.17, 15) is 14.4 Å². The third-order valence-corrected chi connectivity index (χ3v) is 5.05. The van der Waals surface area contributed by atoms with Gasteiger partial charge in [0.15, 0.2) is 0 Å². The number of amides is 2. The first-order valence-corrected chi connectivity index (χ1v) is 8.86. The van der Waals surface area contributed by atoms with Crippen molar-refractivity contribution in [3.8, 4) is 0 Å². The average Bonchev–Trinajstić information content (AvgIpc) is 3.46. The molecule has 1 aromatic rings. The Labute approximate surface area is 147 Å². The number of carbonyl (C=O) groups excluding carboxylic acids is 3. The zero-order chi connectivity index (χ0) is 17.9. The summed E-state index contributed by atoms with van der Waals surface area (Å²) >= 11 is 0. The van der Waals surface area contributed by atoms with E-state index in [2.05, 4.69) is 10.1 Å². The Kier molecular flexibility index (Phi) is 5.06. The molecule has 1 heterocycles. The number of methoxy groups -OCH3 is 1. The molecule has 6 nitrogen and oxygen atoms in total. The highest BCUT2D eigenvalue weighted by molar-refractivity contribution is 6.13. The van der Waals surface area contributed by atoms with E-state index in [1.807, 2.05) is 4.90 Å². The number of nitrogens with one attached hydrogen (secondary N) is 1. The second-order valence-corrected chi connectivity index (χ2v) is 6.81. The summed E-state index contributed by atoms with van der Waals surface area (Å²) in [5, 5.41) is 2.83. The second-order valence-electron chi connectivity index (χ2n) is 6.81. The molecule has 0 radical (unpaired) electrons. The molecule has 0 spiro atoms. The third-order valence-electron chi connectivity index (χ3n) is 5.05. The van der Waals surface area contributed by atoms with Crippen LogP contribution in [-0.4, -0.2) is 42.9 Å². The smallest absolute Gasteiger partial charge is 0.337 e. The summed E-state index contributed by atoms with van der Waals surface area (Å²) in [7, 11) is 1.32. The Bertz CT molecular complexity index is 657. The predicted octanol–water partition coefficient (Wildman–Crippen LogP) is 2.59. The summed E-state index contributed by atoms with van der Waals surface area (Å²) in [6.07, 6.45) is 5.53. The van der Waals surface area contributed by atoms with E-state index in [-0.39, 0.29) is 11.8 Å². The van der Waals surface area contributed by atoms with Crippen LogP contribution in [-0.2, 0) is 14.3 Å². The van der Waals surface area contributed by atoms with E-state index in [1.54, 1.807) is 24.3 Å². The molecule has 6 heteroatoms. The van der Waals surface area contributed by atoms with Crippen molar-refractivity contribution >= 4 is 23.5 Å². The van der Waals surface area contributed by atoms with Gasteiger partial charge in [-0.2, -0.15) is 0 Å². The van der Waals surface area contributed by atoms with Crippen LogP contribution < -0.4 is 5.32 Å². The molecular formula is C19H24N2O4. The van der Waals surface area contributed by atoms with Crippen LogP contribution in [0.25, 0.3) is 0 Å². The molecular weight excluding hydrogens is 320 g/mol. The van der Waals surface area contributed by atoms with E-state index in [0.717, 1.165) is 38.8 Å². The summed E-state index contributed by atoms with van der Waals surface area (Å²) < 4.78 is 4.65. The first-order valence-electron chi connectivity index (χ1n) is 8.86. The van der Waals surface area contributed by atoms with Gasteiger partial charge in [-0.15, -0.1) is 0 Å². The Balaban J connectivity index is 1.65. The molecule has 1 saturated carbocycles. The van der Waals surface area contributed by atoms with Crippen molar-refractivity contribution in [1.82, 2.24) is 4.90 Å². The van der Waals surface area contributed by atoms with Crippen LogP contribution in [0.15, 0.2) is 24.3 Å². The molecule has 0 bridgehead atoms. The number of esters is 1. The van der Waals surface area contributed by atoms with Gasteiger partial charge < -0.3 is 15.0 Å². The average molecular weight is 344 g/mol. The minimum Gasteiger partial charge on any atom is -0.465 e. The van der Waals surface area contributed by atoms with Gasteiger partial charge >= 0.3 is 5.97 Å². The van der Waals surface area contributed by atoms with Crippen molar-refractivity contribution in [1.29, 1.82) is 0 Å². The van der Waals surface area contributed by atoms with Gasteiger partial charge in [-0.25, -0.2) is 4.79 Å². The molecule has 134 valence electrons. The molecule has 0 unspecified atom stereocenters. The first kappa shape index (κ1) is 17.5. The van der Waals surface area contributed by atoms with Crippen LogP contribution in [0.3, 0.4) is 0 Å². The van der Waals surface area contributed by atoms with E-state index in [1.165, 1.54) is 7.11 Å². The summed E-state index contributed by atoms with van der Waals surface area (Å²) in [6.45, 7) is 1.50. The number of hydrogen-bond acceptors (Lipinski definition) is 4. The van der Waals surface area contributed by atoms with Crippen molar-refractivity contribution in [2.75, 3.05) is 25.5 Å². The predicted molar refractivity (Wildman–Crippen MR) is 93.1 cm³/mol. The van der Waals surface area contributed by atoms with Crippen LogP contribution in [0.4, 0.5) is 5.69 Å². The van der Waals surface area contributed by atoms with Crippen LogP contribution in [0.1, 0.15) is 48.9 Å². The highest BCUT2D eigenvalue weighted by Gasteiger charge is 2.57. The first-order chi connectivity index (χ1) is 12.1. The van der Waals surface area contributed by atoms with Gasteiger partial charge in [-0.3, -0.25) is 9.59 Å². The molecule has 2 amide bonds. The fourth-order valence-corrected chi connectivity index (χ4v) is 3.30. The normalized spacial score (nSPS) is 18.8. The van der Waals surface area contributed by atoms with Crippen LogP contribution >= 0.6 is 0 Å². The van der Waals surface area contributed by atoms with E-state index in [0.29, 0.717) is 24.1 Å². The molecule has 25 heavy (non-hydrogen) atoms. The van der Waals surface area contributed by atoms with Gasteiger partial charge in [0, 0.05) is 18.8 Å². The van der Waals surface area contributed by atoms with E-state index >= 15 is 0 Å². The minimum absolute atomic E-state index is 0.0296. The third kappa shape index (κ3) is 3.67. The monoisotopic (exact) mass is 344 g/mol. The molecule has 1 aromatic carbocycles. The second kappa shape index (κ2) is 7.25. The number of rotatable bonds is 4. The van der Waals surface area contributed by atoms with Crippen molar-refractivity contribution in [3.05, 3.63) is 29.8 Å². The standard InChI is InChI=1S/C19H24N2O4/c1-25-16(22)14-6-8-15(9-7-14)20-17(23)19(10-11-19)18(24)21-12-4-2-3-5-13-21/h6-9H,2-5,10-13H2,1H3,(H,20,23). The number of benzene rings is 1. The Morgan fingerprint density at radius 3 is 2.12 bits per heavy atom. The maximum absolute atomic E-state index is 12.9. The van der Waals surface area contributed by atoms with Crippen molar-refractivity contribution in [3.63, 3.8) is 0 Å². The van der Waals surface area contributed by atoms with E-state index in [4.69, 9.17) is 0 Å². The summed E-state index contributed by atoms with van der Waals surface area (Å²) in [6, 6.07) is 6.49. The molecule has 1 aliphatic carbocycles. The Morgan fingerprint density at radius 2 is 1.60 bits per heavy atom. The van der Waals surface area contributed by atoms with Gasteiger partial charge in [-0.1, -0.05) is 12.8 Å². The molecule has 0 atom stereocenters. The molecule has 0 aromatic heterocycles. The summed E-state index contributed by atoms with van der Waals surface area (Å²) in [4.78, 5) is 38.9. The number of hydrogen-bond donors (Lipinski definition) is 1. The fraction of sp³-hybridized carbons (Fsp3) is 0.526. The lowest BCUT2D eigenvalue weighted by Gasteiger charge is -2.25. The Hall–Kier alpha value is -2.37. The van der Waals surface area contributed by atoms with Gasteiger partial charge in [0.05, 0.1) is 12.7 Å². The zero-order valence-electron chi connectivity index (χ0n) is 14.5. The lowest BCUT2D eigenvalue weighted by Crippen LogP contribution is -2.43. The lowest BCUT2D eigenvalue weighted by molar-refractivity contribution is -0.142. The molecule has 2 aliphatic rings. The Morgan fingerprint density at radius 1 is 1.00 bits per heavy atom. The van der Waals surface area contributed by atoms with E-state index < -0.39 is 11.4 Å². The van der Waals surface area contributed by atoms with Gasteiger partial charge in [0.2, 0.25) is 11.8 Å². The molecule has 1 saturated heterocycles. The molecule has 1 N–H and O–H groups in total. The molecule has 1 aliphatic heterocycles. The van der Waals surface area contributed by atoms with Gasteiger partial charge in [0.25, 0.3) is 0 Å². The van der Waals surface area contributed by atoms with Gasteiger partial charge in [0.1, 0.15) is 5.41 Å². The number of anilines is 1. The van der Waals surface area contributed by atoms with Crippen molar-refractivity contribution in [2.45, 2.75) is 38.5 Å². The van der Waals surface area contributed by atoms with Gasteiger partial charge in [-0.05, 0) is 49.9 Å². The summed E-state index contributed by atoms with van der Waals surface area (Å²) in [5.74, 6) is -0.696. The largest absolute Gasteiger partial charge is 0.465 e. The maximum Gasteiger partial charge on any atom is 0.337 e. The number of likely N-dealkylation sites (tertiary alicyclic amines) is 1. The van der Waals surface area contributed by atoms with Crippen molar-refractivity contribution in [2.24, 2.45) is 5.41 Å². The lowest BCUT2D eigenvalue weighted by atomic mass is 10.0. The number of nitrogens with zero attached hydrogens (tertiary/aromatic N) is 1. The zero-order valence-corrected chi connectivity index (χ0v) is 14.5. The molecule has 3 rings (SSSR count). The van der Waals surface area contributed by atoms with Crippen molar-refractivity contribution < 1.29 is 19.1 Å². The highest BCUT2D eigenvalue weighted by Crippen LogP contribution is 2.48. The van der Waals surface area contributed by atoms with Crippen LogP contribution in [0.5, 0.6) is 0 Å². The SMILES string of the molecule is COC(=O)c1ccc(NC(=O)C2(C(=O)N3CCCCCC3)CC2)cc1. The molecule has 2 fully saturated rings. The highest BCUT2D eigenvalue weighted by atomic mass is 16.5. The number of ether oxygens (including phenoxy) is 1. The topological polar surface area (TPSA) is 75.7 Å². The quantitative estimate of drug-likeness (QED) is 0.673. The fourth-order valence-electron chi connectivity index (χ4n) is 3.30. The van der Waals surface area contributed by atoms with Crippen LogP contribution in [0.2, 0.25) is 0 Å². The van der Waals surface area contributed by atoms with Crippen LogP contribution in [0, 0.1) is 5.41 Å². The summed E-state index contributed by atoms with van der Waals surface area (Å²) in [5.41, 5.74) is 0.0978. The number of carbonyl (C=O) groups is 3. The maximum atomic E-state index is 12.9. The minimum atomic E-state index is -0.897.